The molecule has 0 saturated carbocycles. The summed E-state index contributed by atoms with van der Waals surface area (Å²) in [5, 5.41) is 0. The number of rotatable bonds is 2. The van der Waals surface area contributed by atoms with Gasteiger partial charge in [0.2, 0.25) is 0 Å². The Morgan fingerprint density at radius 3 is 2.05 bits per heavy atom. The summed E-state index contributed by atoms with van der Waals surface area (Å²) in [6.45, 7) is 0. The van der Waals surface area contributed by atoms with Crippen LogP contribution >= 0.6 is 22.6 Å². The van der Waals surface area contributed by atoms with Crippen LogP contribution in [-0.4, -0.2) is 5.78 Å². The number of carbonyl (C=O) groups is 1. The van der Waals surface area contributed by atoms with Gasteiger partial charge >= 0.3 is 0 Å². The molecule has 19 heavy (non-hydrogen) atoms. The summed E-state index contributed by atoms with van der Waals surface area (Å²) in [6.07, 6.45) is 0. The van der Waals surface area contributed by atoms with Crippen LogP contribution in [0.25, 0.3) is 11.1 Å². The van der Waals surface area contributed by atoms with E-state index in [4.69, 9.17) is 0 Å². The maximum Gasteiger partial charge on any atom is 0.193 e. The zero-order valence-electron chi connectivity index (χ0n) is 10.1. The Morgan fingerprint density at radius 2 is 1.37 bits per heavy atom. The molecule has 0 unspecified atom stereocenters. The number of benzene rings is 1. The van der Waals surface area contributed by atoms with Gasteiger partial charge in [-0.3, -0.25) is 4.79 Å². The minimum atomic E-state index is 0.0831. The van der Waals surface area contributed by atoms with Gasteiger partial charge in [-0.05, 0) is 39.8 Å². The lowest BCUT2D eigenvalue weighted by Gasteiger charge is -2.01. The van der Waals surface area contributed by atoms with Crippen LogP contribution in [0.5, 0.6) is 0 Å². The van der Waals surface area contributed by atoms with E-state index < -0.39 is 0 Å². The molecule has 2 aliphatic carbocycles. The Labute approximate surface area is 125 Å². The van der Waals surface area contributed by atoms with E-state index in [1.165, 1.54) is 0 Å². The zero-order chi connectivity index (χ0) is 13.2. The molecular formula is C17H11IO. The number of fused-ring (bicyclic) bond motifs is 1. The van der Waals surface area contributed by atoms with Gasteiger partial charge in [0.05, 0.1) is 0 Å². The van der Waals surface area contributed by atoms with Crippen molar-refractivity contribution in [2.75, 3.05) is 0 Å². The van der Waals surface area contributed by atoms with Crippen LogP contribution < -0.4 is 0 Å². The molecule has 0 heterocycles. The fourth-order valence-electron chi connectivity index (χ4n) is 2.21. The molecule has 1 nitrogen and oxygen atoms in total. The molecule has 92 valence electrons. The summed E-state index contributed by atoms with van der Waals surface area (Å²) in [5.74, 6) is 0.0831. The predicted octanol–water partition coefficient (Wildman–Crippen LogP) is 4.63. The number of carbonyl (C=O) groups excluding carboxylic acids is 1. The minimum Gasteiger partial charge on any atom is -0.289 e. The lowest BCUT2D eigenvalue weighted by atomic mass is 10.0. The normalized spacial score (nSPS) is 10.6. The van der Waals surface area contributed by atoms with Crippen molar-refractivity contribution in [2.24, 2.45) is 0 Å². The molecule has 0 bridgehead atoms. The van der Waals surface area contributed by atoms with Gasteiger partial charge in [-0.1, -0.05) is 60.7 Å². The van der Waals surface area contributed by atoms with Crippen molar-refractivity contribution in [3.8, 4) is 11.1 Å². The van der Waals surface area contributed by atoms with Gasteiger partial charge < -0.3 is 0 Å². The predicted molar refractivity (Wildman–Crippen MR) is 85.7 cm³/mol. The maximum atomic E-state index is 12.6. The average Bonchev–Trinajstić information content (AvgIpc) is 2.65. The molecule has 0 fully saturated rings. The van der Waals surface area contributed by atoms with Crippen molar-refractivity contribution < 1.29 is 4.79 Å². The highest BCUT2D eigenvalue weighted by Crippen LogP contribution is 2.33. The Morgan fingerprint density at radius 1 is 0.789 bits per heavy atom. The molecule has 0 aliphatic heterocycles. The van der Waals surface area contributed by atoms with E-state index in [1.54, 1.807) is 0 Å². The number of hydrogen-bond donors (Lipinski definition) is 0. The Bertz CT molecular complexity index is 704. The van der Waals surface area contributed by atoms with Crippen molar-refractivity contribution in [1.29, 1.82) is 0 Å². The molecule has 0 aromatic heterocycles. The van der Waals surface area contributed by atoms with Crippen molar-refractivity contribution in [1.82, 2.24) is 0 Å². The average molecular weight is 358 g/mol. The van der Waals surface area contributed by atoms with E-state index in [9.17, 15) is 4.79 Å². The molecule has 1 aromatic rings. The van der Waals surface area contributed by atoms with Gasteiger partial charge in [0.25, 0.3) is 0 Å². The Balaban J connectivity index is 2.16. The van der Waals surface area contributed by atoms with Crippen molar-refractivity contribution in [2.45, 2.75) is 0 Å². The van der Waals surface area contributed by atoms with Gasteiger partial charge in [-0.2, -0.15) is 0 Å². The third-order valence-electron chi connectivity index (χ3n) is 3.14. The Hall–Kier alpha value is -1.68. The van der Waals surface area contributed by atoms with Gasteiger partial charge in [0.15, 0.2) is 5.78 Å². The van der Waals surface area contributed by atoms with Gasteiger partial charge in [-0.25, -0.2) is 0 Å². The molecule has 1 aromatic carbocycles. The van der Waals surface area contributed by atoms with E-state index in [0.717, 1.165) is 25.8 Å². The number of halogens is 1. The molecule has 2 heteroatoms. The van der Waals surface area contributed by atoms with Crippen LogP contribution in [0.2, 0.25) is 0 Å². The first-order valence-electron chi connectivity index (χ1n) is 6.04. The van der Waals surface area contributed by atoms with Crippen LogP contribution in [0.4, 0.5) is 0 Å². The van der Waals surface area contributed by atoms with E-state index >= 15 is 0 Å². The molecule has 0 radical (unpaired) electrons. The fraction of sp³-hybridized carbons (Fsp3) is 0. The molecule has 0 amide bonds. The third-order valence-corrected chi connectivity index (χ3v) is 4.03. The van der Waals surface area contributed by atoms with Crippen LogP contribution in [0.15, 0.2) is 66.7 Å². The largest absolute Gasteiger partial charge is 0.289 e. The highest BCUT2D eigenvalue weighted by Gasteiger charge is 2.19. The molecule has 0 saturated heterocycles. The smallest absolute Gasteiger partial charge is 0.193 e. The summed E-state index contributed by atoms with van der Waals surface area (Å²) in [7, 11) is 0. The second-order valence-corrected chi connectivity index (χ2v) is 5.50. The molecule has 0 spiro atoms. The lowest BCUT2D eigenvalue weighted by Crippen LogP contribution is -2.00. The topological polar surface area (TPSA) is 17.1 Å². The third kappa shape index (κ3) is 2.28. The SMILES string of the molecule is O=C(c1ccccc1)c1cc(I)c2cccccc1-2. The van der Waals surface area contributed by atoms with Crippen molar-refractivity contribution >= 4 is 28.4 Å². The first kappa shape index (κ1) is 12.4. The molecule has 0 atom stereocenters. The second kappa shape index (κ2) is 5.13. The van der Waals surface area contributed by atoms with Crippen LogP contribution in [0.3, 0.4) is 0 Å². The zero-order valence-corrected chi connectivity index (χ0v) is 12.3. The standard InChI is InChI=1S/C17H11IO/c18-16-11-15(13-9-5-2-6-10-14(13)16)17(19)12-7-3-1-4-8-12/h1-11H. The minimum absolute atomic E-state index is 0.0831. The number of hydrogen-bond acceptors (Lipinski definition) is 1. The maximum absolute atomic E-state index is 12.6. The summed E-state index contributed by atoms with van der Waals surface area (Å²) < 4.78 is 1.11. The molecule has 2 aliphatic rings. The summed E-state index contributed by atoms with van der Waals surface area (Å²) >= 11 is 2.28. The van der Waals surface area contributed by atoms with E-state index in [2.05, 4.69) is 28.7 Å². The van der Waals surface area contributed by atoms with Crippen LogP contribution in [-0.2, 0) is 0 Å². The summed E-state index contributed by atoms with van der Waals surface area (Å²) in [6, 6.07) is 21.4. The fourth-order valence-corrected chi connectivity index (χ4v) is 2.99. The first-order chi connectivity index (χ1) is 9.27. The molecule has 3 rings (SSSR count). The van der Waals surface area contributed by atoms with Gasteiger partial charge in [-0.15, -0.1) is 0 Å². The van der Waals surface area contributed by atoms with Gasteiger partial charge in [0, 0.05) is 14.7 Å². The highest BCUT2D eigenvalue weighted by atomic mass is 127. The summed E-state index contributed by atoms with van der Waals surface area (Å²) in [5.41, 5.74) is 3.66. The molecule has 0 N–H and O–H groups in total. The lowest BCUT2D eigenvalue weighted by molar-refractivity contribution is 0.103. The van der Waals surface area contributed by atoms with Crippen LogP contribution in [0, 0.1) is 3.57 Å². The quantitative estimate of drug-likeness (QED) is 0.482. The van der Waals surface area contributed by atoms with E-state index in [-0.39, 0.29) is 5.78 Å². The Kier molecular flexibility index (Phi) is 3.34. The molecular weight excluding hydrogens is 347 g/mol. The highest BCUT2D eigenvalue weighted by molar-refractivity contribution is 14.1. The van der Waals surface area contributed by atoms with E-state index in [0.29, 0.717) is 0 Å². The van der Waals surface area contributed by atoms with E-state index in [1.807, 2.05) is 60.7 Å². The summed E-state index contributed by atoms with van der Waals surface area (Å²) in [4.78, 5) is 12.6. The number of ketones is 1. The van der Waals surface area contributed by atoms with Crippen molar-refractivity contribution in [3.63, 3.8) is 0 Å². The monoisotopic (exact) mass is 358 g/mol. The van der Waals surface area contributed by atoms with Gasteiger partial charge in [0.1, 0.15) is 0 Å². The van der Waals surface area contributed by atoms with Crippen molar-refractivity contribution in [3.05, 3.63) is 81.4 Å². The second-order valence-electron chi connectivity index (χ2n) is 4.34. The van der Waals surface area contributed by atoms with Crippen LogP contribution in [0.1, 0.15) is 15.9 Å². The first-order valence-corrected chi connectivity index (χ1v) is 7.12.